The van der Waals surface area contributed by atoms with Gasteiger partial charge in [-0.25, -0.2) is 0 Å². The van der Waals surface area contributed by atoms with Gasteiger partial charge in [-0.2, -0.15) is 11.3 Å². The molecule has 0 amide bonds. The Kier molecular flexibility index (Phi) is 8.14. The van der Waals surface area contributed by atoms with Crippen LogP contribution in [0.3, 0.4) is 0 Å². The van der Waals surface area contributed by atoms with Crippen molar-refractivity contribution in [3.05, 3.63) is 150 Å². The quantitative estimate of drug-likeness (QED) is 0.163. The van der Waals surface area contributed by atoms with Crippen molar-refractivity contribution in [2.45, 2.75) is 33.5 Å². The fourth-order valence-corrected chi connectivity index (χ4v) is 5.79. The third-order valence-electron chi connectivity index (χ3n) is 7.10. The molecule has 45 heavy (non-hydrogen) atoms. The van der Waals surface area contributed by atoms with Crippen molar-refractivity contribution < 1.29 is 28.3 Å². The molecule has 225 valence electrons. The summed E-state index contributed by atoms with van der Waals surface area (Å²) in [6, 6.07) is 41.3. The van der Waals surface area contributed by atoms with E-state index in [9.17, 15) is 0 Å². The zero-order chi connectivity index (χ0) is 35.5. The third-order valence-corrected chi connectivity index (χ3v) is 8.24. The van der Waals surface area contributed by atoms with Gasteiger partial charge < -0.3 is 9.97 Å². The van der Waals surface area contributed by atoms with Gasteiger partial charge in [-0.05, 0) is 51.6 Å². The van der Waals surface area contributed by atoms with Crippen LogP contribution in [0.2, 0.25) is 0 Å². The molecule has 7 rings (SSSR count). The summed E-state index contributed by atoms with van der Waals surface area (Å²) in [5.41, 5.74) is 9.13. The second kappa shape index (κ2) is 14.7. The number of aryl methyl sites for hydroxylation is 2. The van der Waals surface area contributed by atoms with Gasteiger partial charge in [0.2, 0.25) is 0 Å². The fraction of sp³-hybridized carbons (Fsp3) is 0.125. The second-order valence-corrected chi connectivity index (χ2v) is 11.6. The van der Waals surface area contributed by atoms with Crippen molar-refractivity contribution in [1.29, 1.82) is 0 Å². The van der Waals surface area contributed by atoms with Crippen LogP contribution in [0, 0.1) is 25.8 Å². The van der Waals surface area contributed by atoms with Crippen LogP contribution in [-0.2, 0) is 20.1 Å². The summed E-state index contributed by atoms with van der Waals surface area (Å²) in [4.78, 5) is 13.7. The van der Waals surface area contributed by atoms with E-state index in [-0.39, 0.29) is 31.2 Å². The molecule has 0 aliphatic carbocycles. The van der Waals surface area contributed by atoms with Crippen molar-refractivity contribution >= 4 is 21.6 Å². The Morgan fingerprint density at radius 2 is 1.47 bits per heavy atom. The normalized spacial score (nSPS) is 13.2. The van der Waals surface area contributed by atoms with Crippen molar-refractivity contribution in [1.82, 2.24) is 15.0 Å². The largest absolute Gasteiger partial charge is 0.305 e. The predicted molar refractivity (Wildman–Crippen MR) is 185 cm³/mol. The molecule has 3 nitrogen and oxygen atoms in total. The van der Waals surface area contributed by atoms with Crippen LogP contribution in [0.5, 0.6) is 0 Å². The summed E-state index contributed by atoms with van der Waals surface area (Å²) in [6.07, 6.45) is 3.19. The summed E-state index contributed by atoms with van der Waals surface area (Å²) in [6.45, 7) is 0.0654. The minimum absolute atomic E-state index is 0. The molecular formula is C40H33IrN3S-2. The number of nitrogens with zero attached hydrogens (tertiary/aromatic N) is 3. The molecule has 0 unspecified atom stereocenters. The number of pyridine rings is 2. The molecule has 0 atom stereocenters. The molecule has 5 heteroatoms. The molecule has 4 aromatic carbocycles. The van der Waals surface area contributed by atoms with E-state index in [0.29, 0.717) is 17.2 Å². The first kappa shape index (κ1) is 25.0. The molecule has 1 radical (unpaired) electrons. The van der Waals surface area contributed by atoms with Gasteiger partial charge in [-0.1, -0.05) is 111 Å². The van der Waals surface area contributed by atoms with E-state index < -0.39 is 13.7 Å². The van der Waals surface area contributed by atoms with Gasteiger partial charge in [-0.3, -0.25) is 4.98 Å². The van der Waals surface area contributed by atoms with Crippen LogP contribution in [0.4, 0.5) is 0 Å². The molecule has 0 spiro atoms. The molecule has 7 aromatic rings. The first-order chi connectivity index (χ1) is 23.9. The Balaban J connectivity index is 0.000000211. The van der Waals surface area contributed by atoms with Crippen molar-refractivity contribution in [3.8, 4) is 44.2 Å². The van der Waals surface area contributed by atoms with Crippen molar-refractivity contribution in [2.75, 3.05) is 0 Å². The van der Waals surface area contributed by atoms with Gasteiger partial charge in [0.15, 0.2) is 0 Å². The molecule has 3 aromatic heterocycles. The minimum atomic E-state index is -2.18. The molecule has 0 fully saturated rings. The van der Waals surface area contributed by atoms with Crippen LogP contribution >= 0.6 is 11.3 Å². The summed E-state index contributed by atoms with van der Waals surface area (Å²) < 4.78 is 44.8. The van der Waals surface area contributed by atoms with Gasteiger partial charge in [0.05, 0.1) is 0 Å². The Hall–Kier alpha value is -4.28. The maximum absolute atomic E-state index is 7.28. The second-order valence-electron chi connectivity index (χ2n) is 10.6. The van der Waals surface area contributed by atoms with Gasteiger partial charge in [-0.15, -0.1) is 53.1 Å². The maximum Gasteiger partial charge on any atom is 0.113 e. The zero-order valence-electron chi connectivity index (χ0n) is 30.7. The number of benzene rings is 4. The number of hydrogen-bond acceptors (Lipinski definition) is 4. The Morgan fingerprint density at radius 3 is 2.11 bits per heavy atom. The summed E-state index contributed by atoms with van der Waals surface area (Å²) in [5.74, 6) is 0.452. The summed E-state index contributed by atoms with van der Waals surface area (Å²) in [7, 11) is 0. The van der Waals surface area contributed by atoms with Crippen molar-refractivity contribution in [3.63, 3.8) is 0 Å². The smallest absolute Gasteiger partial charge is 0.113 e. The van der Waals surface area contributed by atoms with E-state index in [1.54, 1.807) is 23.5 Å². The van der Waals surface area contributed by atoms with Crippen LogP contribution in [-0.4, -0.2) is 15.0 Å². The standard InChI is InChI=1S/C27H21N2S.C13H12N.Ir/c1-18(2)21-13-14-28-24(16-21)22-15-23(19-9-5-3-6-10-19)26-25(17-22)29-27(30-26)20-11-7-4-8-12-20;1-10-3-6-12(7-4-10)13-8-5-11(2)9-14-13;/h3-16,18H,1-2H3;3-6,8-9H,1-2H3;/q2*-1;/i;1D3,2D3;. The molecule has 0 bridgehead atoms. The maximum atomic E-state index is 7.28. The molecule has 0 aliphatic heterocycles. The molecule has 0 saturated carbocycles. The molecule has 0 saturated heterocycles. The number of fused-ring (bicyclic) bond motifs is 1. The molecular weight excluding hydrogens is 747 g/mol. The van der Waals surface area contributed by atoms with Crippen LogP contribution in [0.25, 0.3) is 54.4 Å². The predicted octanol–water partition coefficient (Wildman–Crippen LogP) is 10.8. The Morgan fingerprint density at radius 1 is 0.733 bits per heavy atom. The van der Waals surface area contributed by atoms with E-state index in [1.165, 1.54) is 41.1 Å². The van der Waals surface area contributed by atoms with E-state index in [0.717, 1.165) is 32.0 Å². The van der Waals surface area contributed by atoms with Gasteiger partial charge >= 0.3 is 0 Å². The first-order valence-corrected chi connectivity index (χ1v) is 15.1. The van der Waals surface area contributed by atoms with E-state index in [4.69, 9.17) is 13.2 Å². The molecule has 3 heterocycles. The number of rotatable bonds is 5. The van der Waals surface area contributed by atoms with Crippen molar-refractivity contribution in [2.24, 2.45) is 0 Å². The first-order valence-electron chi connectivity index (χ1n) is 17.3. The van der Waals surface area contributed by atoms with Gasteiger partial charge in [0, 0.05) is 46.3 Å². The third kappa shape index (κ3) is 7.69. The van der Waals surface area contributed by atoms with Gasteiger partial charge in [0.25, 0.3) is 0 Å². The van der Waals surface area contributed by atoms with Gasteiger partial charge in [0.1, 0.15) is 5.01 Å². The number of aromatic nitrogens is 3. The Bertz CT molecular complexity index is 2140. The Labute approximate surface area is 291 Å². The zero-order valence-corrected chi connectivity index (χ0v) is 27.9. The fourth-order valence-electron chi connectivity index (χ4n) is 4.73. The molecule has 0 aliphatic rings. The number of hydrogen-bond donors (Lipinski definition) is 0. The topological polar surface area (TPSA) is 38.7 Å². The summed E-state index contributed by atoms with van der Waals surface area (Å²) in [5, 5.41) is 1.01. The summed E-state index contributed by atoms with van der Waals surface area (Å²) >= 11 is 1.72. The number of thiazole rings is 1. The van der Waals surface area contributed by atoms with E-state index in [1.807, 2.05) is 18.3 Å². The SMILES string of the molecule is CC(C)c1ccnc(-c2[c-]c3nc(-c4ccccc4)sc3c(-c3ccccc3)c2)c1.[2H]C([2H])([2H])c1c[c-]c(-c2ccc(C([2H])([2H])[2H])cn2)cc1.[Ir]. The van der Waals surface area contributed by atoms with E-state index in [2.05, 4.69) is 103 Å². The van der Waals surface area contributed by atoms with Crippen LogP contribution in [0.1, 0.15) is 44.7 Å². The monoisotopic (exact) mass is 786 g/mol. The average molecular weight is 786 g/mol. The average Bonchev–Trinajstić information content (AvgIpc) is 3.56. The van der Waals surface area contributed by atoms with Crippen LogP contribution in [0.15, 0.2) is 122 Å². The van der Waals surface area contributed by atoms with E-state index >= 15 is 0 Å². The van der Waals surface area contributed by atoms with Crippen LogP contribution < -0.4 is 0 Å². The minimum Gasteiger partial charge on any atom is -0.305 e. The molecule has 0 N–H and O–H groups in total.